The van der Waals surface area contributed by atoms with Crippen molar-refractivity contribution in [2.75, 3.05) is 26.7 Å². The van der Waals surface area contributed by atoms with E-state index in [0.717, 1.165) is 56.3 Å². The lowest BCUT2D eigenvalue weighted by Gasteiger charge is -2.37. The molecule has 1 heterocycles. The fourth-order valence-electron chi connectivity index (χ4n) is 4.60. The first kappa shape index (κ1) is 27.9. The zero-order valence-corrected chi connectivity index (χ0v) is 21.9. The van der Waals surface area contributed by atoms with Gasteiger partial charge in [-0.25, -0.2) is 13.6 Å². The highest BCUT2D eigenvalue weighted by Crippen LogP contribution is 2.21. The van der Waals surface area contributed by atoms with E-state index in [-0.39, 0.29) is 18.6 Å². The molecule has 198 valence electrons. The molecule has 1 N–H and O–H groups in total. The summed E-state index contributed by atoms with van der Waals surface area (Å²) < 4.78 is 33.7. The van der Waals surface area contributed by atoms with Gasteiger partial charge in [0.15, 0.2) is 0 Å². The Labute approximate surface area is 214 Å². The second-order valence-corrected chi connectivity index (χ2v) is 9.93. The highest BCUT2D eigenvalue weighted by molar-refractivity contribution is 5.74. The number of piperidine rings is 1. The van der Waals surface area contributed by atoms with Crippen LogP contribution in [0.2, 0.25) is 0 Å². The van der Waals surface area contributed by atoms with Crippen molar-refractivity contribution in [3.05, 3.63) is 65.2 Å². The van der Waals surface area contributed by atoms with Gasteiger partial charge in [-0.3, -0.25) is 0 Å². The first-order valence-electron chi connectivity index (χ1n) is 13.3. The molecule has 36 heavy (non-hydrogen) atoms. The van der Waals surface area contributed by atoms with E-state index < -0.39 is 11.6 Å². The number of ether oxygens (including phenoxy) is 1. The van der Waals surface area contributed by atoms with E-state index in [0.29, 0.717) is 18.0 Å². The lowest BCUT2D eigenvalue weighted by molar-refractivity contribution is 0.126. The second kappa shape index (κ2) is 14.2. The zero-order chi connectivity index (χ0) is 25.9. The molecule has 1 fully saturated rings. The molecule has 0 aromatic heterocycles. The third kappa shape index (κ3) is 8.47. The zero-order valence-electron chi connectivity index (χ0n) is 21.9. The molecular weight excluding hydrogens is 460 g/mol. The summed E-state index contributed by atoms with van der Waals surface area (Å²) in [6.07, 6.45) is 6.35. The molecule has 0 radical (unpaired) electrons. The first-order valence-corrected chi connectivity index (χ1v) is 13.3. The Hall–Kier alpha value is -2.67. The molecule has 0 saturated carbocycles. The second-order valence-electron chi connectivity index (χ2n) is 9.93. The standard InChI is InChI=1S/C29H41F2N3O2/c1-4-6-7-22(5-2)21-36-27-12-8-23(9-13-27)19-32-29(35)34(26-14-16-33(3)17-15-26)20-24-10-11-25(30)18-28(24)31/h8-13,18,22,26H,4-7,14-17,19-21H2,1-3H3,(H,32,35)/t22-/m0/s1. The molecule has 3 rings (SSSR count). The largest absolute Gasteiger partial charge is 0.493 e. The van der Waals surface area contributed by atoms with E-state index in [1.807, 2.05) is 24.3 Å². The van der Waals surface area contributed by atoms with Crippen LogP contribution in [0.1, 0.15) is 63.5 Å². The highest BCUT2D eigenvalue weighted by atomic mass is 19.1. The molecule has 0 unspecified atom stereocenters. The number of carbonyl (C=O) groups excluding carboxylic acids is 1. The lowest BCUT2D eigenvalue weighted by atomic mass is 10.0. The molecule has 1 atom stereocenters. The summed E-state index contributed by atoms with van der Waals surface area (Å²) >= 11 is 0. The molecule has 1 aliphatic rings. The van der Waals surface area contributed by atoms with Gasteiger partial charge in [-0.2, -0.15) is 0 Å². The number of hydrogen-bond acceptors (Lipinski definition) is 3. The van der Waals surface area contributed by atoms with Crippen LogP contribution in [-0.4, -0.2) is 48.6 Å². The minimum absolute atomic E-state index is 0.000601. The van der Waals surface area contributed by atoms with Gasteiger partial charge in [-0.15, -0.1) is 0 Å². The third-order valence-electron chi connectivity index (χ3n) is 7.14. The predicted molar refractivity (Wildman–Crippen MR) is 140 cm³/mol. The summed E-state index contributed by atoms with van der Waals surface area (Å²) in [5, 5.41) is 3.00. The number of halogens is 2. The molecule has 2 aromatic carbocycles. The quantitative estimate of drug-likeness (QED) is 0.368. The van der Waals surface area contributed by atoms with Crippen molar-refractivity contribution in [2.24, 2.45) is 5.92 Å². The number of nitrogens with zero attached hydrogens (tertiary/aromatic N) is 2. The number of amides is 2. The lowest BCUT2D eigenvalue weighted by Crippen LogP contribution is -2.49. The van der Waals surface area contributed by atoms with Gasteiger partial charge in [0.25, 0.3) is 0 Å². The van der Waals surface area contributed by atoms with E-state index in [9.17, 15) is 13.6 Å². The molecular formula is C29H41F2N3O2. The van der Waals surface area contributed by atoms with Crippen molar-refractivity contribution in [3.8, 4) is 5.75 Å². The van der Waals surface area contributed by atoms with Gasteiger partial charge >= 0.3 is 6.03 Å². The van der Waals surface area contributed by atoms with Crippen LogP contribution in [-0.2, 0) is 13.1 Å². The van der Waals surface area contributed by atoms with Crippen molar-refractivity contribution < 1.29 is 18.3 Å². The van der Waals surface area contributed by atoms with Crippen molar-refractivity contribution in [1.29, 1.82) is 0 Å². The Morgan fingerprint density at radius 2 is 1.86 bits per heavy atom. The fraction of sp³-hybridized carbons (Fsp3) is 0.552. The van der Waals surface area contributed by atoms with Gasteiger partial charge in [0.05, 0.1) is 13.2 Å². The Morgan fingerprint density at radius 1 is 1.14 bits per heavy atom. The molecule has 2 amide bonds. The van der Waals surface area contributed by atoms with Gasteiger partial charge in [0, 0.05) is 24.2 Å². The molecule has 0 bridgehead atoms. The van der Waals surface area contributed by atoms with Gasteiger partial charge in [0.1, 0.15) is 17.4 Å². The van der Waals surface area contributed by atoms with Crippen LogP contribution in [0.4, 0.5) is 13.6 Å². The minimum atomic E-state index is -0.628. The van der Waals surface area contributed by atoms with Crippen LogP contribution in [0.25, 0.3) is 0 Å². The van der Waals surface area contributed by atoms with Gasteiger partial charge in [-0.1, -0.05) is 51.3 Å². The molecule has 0 spiro atoms. The van der Waals surface area contributed by atoms with Crippen LogP contribution < -0.4 is 10.1 Å². The smallest absolute Gasteiger partial charge is 0.318 e. The maximum Gasteiger partial charge on any atom is 0.318 e. The predicted octanol–water partition coefficient (Wildman–Crippen LogP) is 6.37. The molecule has 2 aromatic rings. The Bertz CT molecular complexity index is 946. The normalized spacial score (nSPS) is 15.5. The molecule has 1 aliphatic heterocycles. The van der Waals surface area contributed by atoms with Crippen molar-refractivity contribution in [3.63, 3.8) is 0 Å². The van der Waals surface area contributed by atoms with Gasteiger partial charge in [-0.05, 0) is 69.1 Å². The summed E-state index contributed by atoms with van der Waals surface area (Å²) in [4.78, 5) is 17.1. The van der Waals surface area contributed by atoms with Crippen LogP contribution in [0.3, 0.4) is 0 Å². The highest BCUT2D eigenvalue weighted by Gasteiger charge is 2.28. The number of nitrogens with one attached hydrogen (secondary N) is 1. The van der Waals surface area contributed by atoms with Crippen LogP contribution >= 0.6 is 0 Å². The van der Waals surface area contributed by atoms with Crippen molar-refractivity contribution >= 4 is 6.03 Å². The fourth-order valence-corrected chi connectivity index (χ4v) is 4.60. The Morgan fingerprint density at radius 3 is 2.50 bits per heavy atom. The number of carbonyl (C=O) groups is 1. The SMILES string of the molecule is CCCC[C@H](CC)COc1ccc(CNC(=O)N(Cc2ccc(F)cc2F)C2CCN(C)CC2)cc1. The maximum absolute atomic E-state index is 14.4. The van der Waals surface area contributed by atoms with E-state index in [4.69, 9.17) is 4.74 Å². The average molecular weight is 502 g/mol. The number of benzene rings is 2. The number of likely N-dealkylation sites (tertiary alicyclic amines) is 1. The summed E-state index contributed by atoms with van der Waals surface area (Å²) in [6.45, 7) is 7.35. The molecule has 1 saturated heterocycles. The topological polar surface area (TPSA) is 44.8 Å². The van der Waals surface area contributed by atoms with E-state index in [2.05, 4.69) is 31.1 Å². The summed E-state index contributed by atoms with van der Waals surface area (Å²) in [5.74, 6) is 0.154. The van der Waals surface area contributed by atoms with Crippen LogP contribution in [0.15, 0.2) is 42.5 Å². The van der Waals surface area contributed by atoms with E-state index in [1.54, 1.807) is 4.90 Å². The Balaban J connectivity index is 1.58. The first-order chi connectivity index (χ1) is 17.4. The number of unbranched alkanes of at least 4 members (excludes halogenated alkanes) is 1. The molecule has 7 heteroatoms. The van der Waals surface area contributed by atoms with Gasteiger partial charge in [0.2, 0.25) is 0 Å². The number of hydrogen-bond donors (Lipinski definition) is 1. The number of urea groups is 1. The van der Waals surface area contributed by atoms with Crippen molar-refractivity contribution in [1.82, 2.24) is 15.1 Å². The van der Waals surface area contributed by atoms with Crippen LogP contribution in [0.5, 0.6) is 5.75 Å². The average Bonchev–Trinajstić information content (AvgIpc) is 2.88. The van der Waals surface area contributed by atoms with Gasteiger partial charge < -0.3 is 19.9 Å². The summed E-state index contributed by atoms with van der Waals surface area (Å²) in [7, 11) is 2.06. The van der Waals surface area contributed by atoms with Crippen LogP contribution in [0, 0.1) is 17.6 Å². The molecule has 0 aliphatic carbocycles. The monoisotopic (exact) mass is 501 g/mol. The summed E-state index contributed by atoms with van der Waals surface area (Å²) in [6, 6.07) is 11.1. The third-order valence-corrected chi connectivity index (χ3v) is 7.14. The summed E-state index contributed by atoms with van der Waals surface area (Å²) in [5.41, 5.74) is 1.28. The van der Waals surface area contributed by atoms with E-state index >= 15 is 0 Å². The van der Waals surface area contributed by atoms with Crippen molar-refractivity contribution in [2.45, 2.75) is 71.5 Å². The van der Waals surface area contributed by atoms with E-state index in [1.165, 1.54) is 31.4 Å². The molecule has 5 nitrogen and oxygen atoms in total. The Kier molecular flexibility index (Phi) is 11.0. The maximum atomic E-state index is 14.4. The number of rotatable bonds is 12. The minimum Gasteiger partial charge on any atom is -0.493 e.